The molecule has 1 aromatic heterocycles. The van der Waals surface area contributed by atoms with Crippen molar-refractivity contribution < 1.29 is 53.8 Å². The van der Waals surface area contributed by atoms with Gasteiger partial charge in [0.25, 0.3) is 5.91 Å². The normalized spacial score (nSPS) is 13.7. The smallest absolute Gasteiger partial charge is 0.416 e. The van der Waals surface area contributed by atoms with Crippen LogP contribution in [0.4, 0.5) is 26.3 Å². The van der Waals surface area contributed by atoms with Crippen LogP contribution in [-0.4, -0.2) is 37.8 Å². The van der Waals surface area contributed by atoms with Crippen molar-refractivity contribution in [3.63, 3.8) is 0 Å². The number of aromatic nitrogens is 1. The average molecular weight is 696 g/mol. The fourth-order valence-corrected chi connectivity index (χ4v) is 6.14. The van der Waals surface area contributed by atoms with Crippen LogP contribution in [0.25, 0.3) is 22.2 Å². The van der Waals surface area contributed by atoms with E-state index in [1.165, 1.54) is 30.3 Å². The van der Waals surface area contributed by atoms with Crippen molar-refractivity contribution in [3.8, 4) is 22.8 Å². The molecule has 0 fully saturated rings. The maximum absolute atomic E-state index is 13.4. The molecule has 1 aliphatic heterocycles. The molecule has 4 aromatic rings. The fourth-order valence-electron chi connectivity index (χ4n) is 4.94. The Morgan fingerprint density at radius 1 is 0.875 bits per heavy atom. The zero-order valence-corrected chi connectivity index (χ0v) is 25.9. The monoisotopic (exact) mass is 695 g/mol. The van der Waals surface area contributed by atoms with Crippen LogP contribution in [0.15, 0.2) is 66.7 Å². The van der Waals surface area contributed by atoms with Crippen LogP contribution in [0.3, 0.4) is 0 Å². The summed E-state index contributed by atoms with van der Waals surface area (Å²) in [4.78, 5) is 30.4. The molecule has 0 saturated heterocycles. The van der Waals surface area contributed by atoms with Gasteiger partial charge in [0.05, 0.1) is 40.6 Å². The third kappa shape index (κ3) is 8.16. The second-order valence-corrected chi connectivity index (χ2v) is 12.8. The van der Waals surface area contributed by atoms with Gasteiger partial charge in [-0.15, -0.1) is 0 Å². The number of hydrogen-bond acceptors (Lipinski definition) is 7. The van der Waals surface area contributed by atoms with Gasteiger partial charge in [-0.25, -0.2) is 13.4 Å². The minimum Gasteiger partial charge on any atom is -0.454 e. The Bertz CT molecular complexity index is 1950. The lowest BCUT2D eigenvalue weighted by atomic mass is 10.0. The minimum absolute atomic E-state index is 0.0291. The number of hydrogen-bond donors (Lipinski definition) is 2. The van der Waals surface area contributed by atoms with Crippen LogP contribution in [0.2, 0.25) is 0 Å². The Morgan fingerprint density at radius 2 is 1.56 bits per heavy atom. The summed E-state index contributed by atoms with van der Waals surface area (Å²) in [6.07, 6.45) is -9.57. The van der Waals surface area contributed by atoms with E-state index in [1.807, 2.05) is 4.72 Å². The Balaban J connectivity index is 1.41. The minimum atomic E-state index is -5.03. The molecule has 0 radical (unpaired) electrons. The number of benzene rings is 3. The Hall–Kier alpha value is -4.86. The zero-order valence-electron chi connectivity index (χ0n) is 25.0. The van der Waals surface area contributed by atoms with Crippen molar-refractivity contribution in [2.24, 2.45) is 0 Å². The molecule has 2 heterocycles. The van der Waals surface area contributed by atoms with E-state index in [0.717, 1.165) is 0 Å². The SMILES string of the molecule is CCCCS(=O)(=O)NC(=O)CC(NC(=O)c1ccc2nc(-c3cc(C(F)(F)F)cc(C(F)(F)F)c3)ccc2c1)c1ccc2c(c1)OCO2. The number of carbonyl (C=O) groups excluding carboxylic acids is 2. The third-order valence-corrected chi connectivity index (χ3v) is 8.73. The Kier molecular flexibility index (Phi) is 9.58. The van der Waals surface area contributed by atoms with E-state index in [2.05, 4.69) is 10.3 Å². The summed E-state index contributed by atoms with van der Waals surface area (Å²) in [5.41, 5.74) is -2.84. The quantitative estimate of drug-likeness (QED) is 0.176. The molecule has 3 aromatic carbocycles. The van der Waals surface area contributed by atoms with Gasteiger partial charge >= 0.3 is 12.4 Å². The van der Waals surface area contributed by atoms with E-state index in [-0.39, 0.29) is 35.4 Å². The maximum atomic E-state index is 13.4. The number of fused-ring (bicyclic) bond motifs is 2. The number of alkyl halides is 6. The molecule has 2 amide bonds. The van der Waals surface area contributed by atoms with Gasteiger partial charge in [0, 0.05) is 16.5 Å². The van der Waals surface area contributed by atoms with Crippen LogP contribution in [-0.2, 0) is 27.2 Å². The van der Waals surface area contributed by atoms with E-state index in [4.69, 9.17) is 9.47 Å². The molecule has 1 unspecified atom stereocenters. The van der Waals surface area contributed by atoms with Gasteiger partial charge in [-0.1, -0.05) is 25.5 Å². The molecule has 9 nitrogen and oxygen atoms in total. The molecule has 5 rings (SSSR count). The van der Waals surface area contributed by atoms with Crippen molar-refractivity contribution in [1.82, 2.24) is 15.0 Å². The second kappa shape index (κ2) is 13.3. The predicted octanol–water partition coefficient (Wildman–Crippen LogP) is 6.78. The van der Waals surface area contributed by atoms with Gasteiger partial charge in [0.15, 0.2) is 11.5 Å². The summed E-state index contributed by atoms with van der Waals surface area (Å²) in [5.74, 6) is -0.971. The number of pyridine rings is 1. The number of amides is 2. The Labute approximate surface area is 270 Å². The van der Waals surface area contributed by atoms with Crippen LogP contribution < -0.4 is 19.5 Å². The van der Waals surface area contributed by atoms with Gasteiger partial charge in [-0.3, -0.25) is 14.3 Å². The lowest BCUT2D eigenvalue weighted by molar-refractivity contribution is -0.143. The first-order chi connectivity index (χ1) is 22.5. The summed E-state index contributed by atoms with van der Waals surface area (Å²) in [6, 6.07) is 11.6. The number of unbranched alkanes of at least 4 members (excludes halogenated alkanes) is 1. The van der Waals surface area contributed by atoms with Crippen LogP contribution >= 0.6 is 0 Å². The highest BCUT2D eigenvalue weighted by atomic mass is 32.2. The standard InChI is InChI=1S/C32H27F6N3O6S/c1-2-3-10-48(44,45)41-29(42)16-26(19-6-9-27-28(14-19)47-17-46-27)40-30(43)20-5-8-24-18(11-20)4-7-25(39-24)21-12-22(31(33,34)35)15-23(13-21)32(36,37)38/h4-9,11-15,26H,2-3,10,16-17H2,1H3,(H,40,43)(H,41,42). The topological polar surface area (TPSA) is 124 Å². The first-order valence-electron chi connectivity index (χ1n) is 14.5. The van der Waals surface area contributed by atoms with Gasteiger partial charge in [0.1, 0.15) is 0 Å². The number of rotatable bonds is 10. The van der Waals surface area contributed by atoms with E-state index in [9.17, 15) is 44.3 Å². The fraction of sp³-hybridized carbons (Fsp3) is 0.281. The summed E-state index contributed by atoms with van der Waals surface area (Å²) < 4.78 is 118. The number of sulfonamides is 1. The molecule has 254 valence electrons. The first kappa shape index (κ1) is 34.5. The molecule has 2 N–H and O–H groups in total. The van der Waals surface area contributed by atoms with Crippen molar-refractivity contribution in [3.05, 3.63) is 89.0 Å². The van der Waals surface area contributed by atoms with Crippen LogP contribution in [0.1, 0.15) is 59.3 Å². The molecule has 0 aliphatic carbocycles. The third-order valence-electron chi connectivity index (χ3n) is 7.36. The van der Waals surface area contributed by atoms with E-state index < -0.39 is 63.3 Å². The van der Waals surface area contributed by atoms with Gasteiger partial charge < -0.3 is 14.8 Å². The number of halogens is 6. The number of nitrogens with one attached hydrogen (secondary N) is 2. The molecule has 16 heteroatoms. The molecule has 1 atom stereocenters. The van der Waals surface area contributed by atoms with Crippen molar-refractivity contribution >= 4 is 32.7 Å². The first-order valence-corrected chi connectivity index (χ1v) is 16.1. The van der Waals surface area contributed by atoms with Gasteiger partial charge in [-0.05, 0) is 66.6 Å². The molecule has 0 bridgehead atoms. The summed E-state index contributed by atoms with van der Waals surface area (Å²) in [5, 5.41) is 3.06. The molecule has 0 saturated carbocycles. The van der Waals surface area contributed by atoms with E-state index >= 15 is 0 Å². The van der Waals surface area contributed by atoms with Crippen molar-refractivity contribution in [2.75, 3.05) is 12.5 Å². The molecule has 0 spiro atoms. The second-order valence-electron chi connectivity index (χ2n) is 10.9. The molecule has 1 aliphatic rings. The molecular weight excluding hydrogens is 668 g/mol. The average Bonchev–Trinajstić information content (AvgIpc) is 3.50. The number of nitrogens with zero attached hydrogens (tertiary/aromatic N) is 1. The zero-order chi connectivity index (χ0) is 34.9. The highest BCUT2D eigenvalue weighted by Gasteiger charge is 2.37. The van der Waals surface area contributed by atoms with Gasteiger partial charge in [0.2, 0.25) is 22.7 Å². The lowest BCUT2D eigenvalue weighted by Gasteiger charge is -2.20. The summed E-state index contributed by atoms with van der Waals surface area (Å²) >= 11 is 0. The summed E-state index contributed by atoms with van der Waals surface area (Å²) in [7, 11) is -3.90. The number of carbonyl (C=O) groups is 2. The lowest BCUT2D eigenvalue weighted by Crippen LogP contribution is -2.37. The van der Waals surface area contributed by atoms with Crippen molar-refractivity contribution in [2.45, 2.75) is 44.6 Å². The largest absolute Gasteiger partial charge is 0.454 e. The molecular formula is C32H27F6N3O6S. The van der Waals surface area contributed by atoms with Gasteiger partial charge in [-0.2, -0.15) is 26.3 Å². The number of ether oxygens (including phenoxy) is 2. The Morgan fingerprint density at radius 3 is 2.23 bits per heavy atom. The van der Waals surface area contributed by atoms with Crippen molar-refractivity contribution in [1.29, 1.82) is 0 Å². The van der Waals surface area contributed by atoms with E-state index in [0.29, 0.717) is 47.4 Å². The maximum Gasteiger partial charge on any atom is 0.416 e. The van der Waals surface area contributed by atoms with Crippen LogP contribution in [0.5, 0.6) is 11.5 Å². The summed E-state index contributed by atoms with van der Waals surface area (Å²) in [6.45, 7) is 1.77. The highest BCUT2D eigenvalue weighted by molar-refractivity contribution is 7.90. The van der Waals surface area contributed by atoms with Crippen LogP contribution in [0, 0.1) is 0 Å². The van der Waals surface area contributed by atoms with E-state index in [1.54, 1.807) is 25.1 Å². The predicted molar refractivity (Wildman–Crippen MR) is 161 cm³/mol. The highest BCUT2D eigenvalue weighted by Crippen LogP contribution is 2.39. The molecule has 48 heavy (non-hydrogen) atoms.